The van der Waals surface area contributed by atoms with E-state index in [9.17, 15) is 0 Å². The number of anilines is 1. The molecule has 1 rings (SSSR count). The van der Waals surface area contributed by atoms with Crippen LogP contribution in [0.3, 0.4) is 0 Å². The minimum atomic E-state index is 0.325. The fraction of sp³-hybridized carbons (Fsp3) is 0.429. The summed E-state index contributed by atoms with van der Waals surface area (Å²) in [7, 11) is 3.09. The number of nitrogen functional groups attached to an aromatic ring is 1. The lowest BCUT2D eigenvalue weighted by Gasteiger charge is -2.05. The minimum absolute atomic E-state index is 0.325. The highest BCUT2D eigenvalue weighted by atomic mass is 16.5. The molecule has 3 N–H and O–H groups in total. The summed E-state index contributed by atoms with van der Waals surface area (Å²) >= 11 is 0. The van der Waals surface area contributed by atoms with Crippen LogP contribution in [-0.2, 0) is 11.3 Å². The maximum Gasteiger partial charge on any atom is 0.218 e. The van der Waals surface area contributed by atoms with E-state index in [1.54, 1.807) is 13.2 Å². The Morgan fingerprint density at radius 1 is 1.46 bits per heavy atom. The predicted molar refractivity (Wildman–Crippen MR) is 47.1 cm³/mol. The Bertz CT molecular complexity index is 257. The normalized spacial score (nSPS) is 9.77. The van der Waals surface area contributed by atoms with Crippen molar-refractivity contribution in [2.75, 3.05) is 19.6 Å². The molecule has 0 bridgehead atoms. The quantitative estimate of drug-likeness (QED) is 0.503. The van der Waals surface area contributed by atoms with Gasteiger partial charge >= 0.3 is 0 Å². The molecule has 0 saturated heterocycles. The highest BCUT2D eigenvalue weighted by Crippen LogP contribution is 2.12. The summed E-state index contributed by atoms with van der Waals surface area (Å²) < 4.78 is 9.82. The first kappa shape index (κ1) is 9.69. The van der Waals surface area contributed by atoms with Gasteiger partial charge in [0.25, 0.3) is 0 Å². The molecule has 0 aliphatic heterocycles. The van der Waals surface area contributed by atoms with Crippen molar-refractivity contribution in [3.05, 3.63) is 11.9 Å². The number of hydrazine groups is 1. The van der Waals surface area contributed by atoms with Gasteiger partial charge in [-0.15, -0.1) is 0 Å². The van der Waals surface area contributed by atoms with Gasteiger partial charge in [-0.3, -0.25) is 0 Å². The molecule has 0 fully saturated rings. The van der Waals surface area contributed by atoms with Gasteiger partial charge in [-0.05, 0) is 0 Å². The number of ether oxygens (including phenoxy) is 2. The number of nitrogens with two attached hydrogens (primary N) is 1. The van der Waals surface area contributed by atoms with Crippen LogP contribution < -0.4 is 16.0 Å². The lowest BCUT2D eigenvalue weighted by atomic mass is 10.5. The molecular weight excluding hydrogens is 172 g/mol. The number of hydrogen-bond donors (Lipinski definition) is 2. The molecule has 1 aromatic rings. The number of methoxy groups -OCH3 is 2. The number of nitrogens with one attached hydrogen (secondary N) is 1. The zero-order valence-electron chi connectivity index (χ0n) is 7.57. The lowest BCUT2D eigenvalue weighted by Crippen LogP contribution is -2.11. The summed E-state index contributed by atoms with van der Waals surface area (Å²) in [4.78, 5) is 8.07. The van der Waals surface area contributed by atoms with E-state index >= 15 is 0 Å². The lowest BCUT2D eigenvalue weighted by molar-refractivity contribution is 0.177. The van der Waals surface area contributed by atoms with Crippen molar-refractivity contribution in [3.63, 3.8) is 0 Å². The smallest absolute Gasteiger partial charge is 0.218 e. The SMILES string of the molecule is COCc1nc(NN)cc(OC)n1. The highest BCUT2D eigenvalue weighted by Gasteiger charge is 2.02. The number of rotatable bonds is 4. The molecule has 1 aromatic heterocycles. The summed E-state index contributed by atoms with van der Waals surface area (Å²) in [5.74, 6) is 6.68. The molecule has 72 valence electrons. The van der Waals surface area contributed by atoms with Gasteiger partial charge in [0.05, 0.1) is 7.11 Å². The molecule has 13 heavy (non-hydrogen) atoms. The second-order valence-electron chi connectivity index (χ2n) is 2.29. The van der Waals surface area contributed by atoms with Gasteiger partial charge in [0.15, 0.2) is 5.82 Å². The molecule has 0 radical (unpaired) electrons. The van der Waals surface area contributed by atoms with Crippen LogP contribution in [0.25, 0.3) is 0 Å². The fourth-order valence-electron chi connectivity index (χ4n) is 0.845. The molecule has 0 spiro atoms. The summed E-state index contributed by atoms with van der Waals surface area (Å²) in [6.07, 6.45) is 0. The largest absolute Gasteiger partial charge is 0.481 e. The molecule has 0 unspecified atom stereocenters. The number of nitrogens with zero attached hydrogens (tertiary/aromatic N) is 2. The maximum atomic E-state index is 5.20. The van der Waals surface area contributed by atoms with Gasteiger partial charge in [-0.25, -0.2) is 10.8 Å². The van der Waals surface area contributed by atoms with Crippen LogP contribution in [0.15, 0.2) is 6.07 Å². The van der Waals surface area contributed by atoms with Crippen LogP contribution in [-0.4, -0.2) is 24.2 Å². The van der Waals surface area contributed by atoms with Crippen molar-refractivity contribution < 1.29 is 9.47 Å². The van der Waals surface area contributed by atoms with Gasteiger partial charge in [0.2, 0.25) is 5.88 Å². The standard InChI is InChI=1S/C7H12N4O2/c1-12-4-6-9-5(11-8)3-7(10-6)13-2/h3H,4,8H2,1-2H3,(H,9,10,11). The van der Waals surface area contributed by atoms with Crippen LogP contribution in [0, 0.1) is 0 Å². The van der Waals surface area contributed by atoms with Crippen molar-refractivity contribution in [3.8, 4) is 5.88 Å². The predicted octanol–water partition coefficient (Wildman–Crippen LogP) is -0.0828. The van der Waals surface area contributed by atoms with E-state index in [0.717, 1.165) is 0 Å². The molecular formula is C7H12N4O2. The molecule has 0 atom stereocenters. The average molecular weight is 184 g/mol. The zero-order valence-corrected chi connectivity index (χ0v) is 7.57. The first-order chi connectivity index (χ1) is 6.30. The monoisotopic (exact) mass is 184 g/mol. The summed E-state index contributed by atoms with van der Waals surface area (Å²) in [5, 5.41) is 0. The third-order valence-electron chi connectivity index (χ3n) is 1.38. The van der Waals surface area contributed by atoms with E-state index in [2.05, 4.69) is 15.4 Å². The number of aromatic nitrogens is 2. The topological polar surface area (TPSA) is 82.3 Å². The molecule has 0 aliphatic rings. The van der Waals surface area contributed by atoms with E-state index in [1.807, 2.05) is 0 Å². The second-order valence-corrected chi connectivity index (χ2v) is 2.29. The van der Waals surface area contributed by atoms with Crippen molar-refractivity contribution in [2.24, 2.45) is 5.84 Å². The number of hydrogen-bond acceptors (Lipinski definition) is 6. The van der Waals surface area contributed by atoms with Crippen LogP contribution in [0.1, 0.15) is 5.82 Å². The van der Waals surface area contributed by atoms with E-state index < -0.39 is 0 Å². The molecule has 0 aromatic carbocycles. The second kappa shape index (κ2) is 4.58. The van der Waals surface area contributed by atoms with Gasteiger partial charge in [0, 0.05) is 13.2 Å². The molecule has 0 saturated carbocycles. The highest BCUT2D eigenvalue weighted by molar-refractivity contribution is 5.36. The average Bonchev–Trinajstić information content (AvgIpc) is 2.17. The molecule has 1 heterocycles. The van der Waals surface area contributed by atoms with Gasteiger partial charge in [0.1, 0.15) is 12.4 Å². The Morgan fingerprint density at radius 3 is 2.77 bits per heavy atom. The van der Waals surface area contributed by atoms with Crippen molar-refractivity contribution in [2.45, 2.75) is 6.61 Å². The third-order valence-corrected chi connectivity index (χ3v) is 1.38. The molecule has 6 nitrogen and oxygen atoms in total. The first-order valence-corrected chi connectivity index (χ1v) is 3.67. The van der Waals surface area contributed by atoms with Crippen LogP contribution in [0.2, 0.25) is 0 Å². The van der Waals surface area contributed by atoms with Gasteiger partial charge < -0.3 is 14.9 Å². The fourth-order valence-corrected chi connectivity index (χ4v) is 0.845. The van der Waals surface area contributed by atoms with Gasteiger partial charge in [-0.2, -0.15) is 4.98 Å². The molecule has 0 amide bonds. The molecule has 6 heteroatoms. The van der Waals surface area contributed by atoms with Crippen molar-refractivity contribution in [1.29, 1.82) is 0 Å². The first-order valence-electron chi connectivity index (χ1n) is 3.67. The Balaban J connectivity index is 2.93. The van der Waals surface area contributed by atoms with Crippen LogP contribution >= 0.6 is 0 Å². The Labute approximate surface area is 76.1 Å². The zero-order chi connectivity index (χ0) is 9.68. The minimum Gasteiger partial charge on any atom is -0.481 e. The third kappa shape index (κ3) is 2.53. The van der Waals surface area contributed by atoms with E-state index in [1.165, 1.54) is 7.11 Å². The maximum absolute atomic E-state index is 5.20. The Kier molecular flexibility index (Phi) is 3.41. The Hall–Kier alpha value is -1.40. The molecule has 0 aliphatic carbocycles. The van der Waals surface area contributed by atoms with E-state index in [0.29, 0.717) is 24.1 Å². The summed E-state index contributed by atoms with van der Waals surface area (Å²) in [5.41, 5.74) is 2.41. The van der Waals surface area contributed by atoms with Crippen LogP contribution in [0.5, 0.6) is 5.88 Å². The Morgan fingerprint density at radius 2 is 2.23 bits per heavy atom. The van der Waals surface area contributed by atoms with E-state index in [4.69, 9.17) is 15.3 Å². The van der Waals surface area contributed by atoms with E-state index in [-0.39, 0.29) is 0 Å². The van der Waals surface area contributed by atoms with Crippen molar-refractivity contribution >= 4 is 5.82 Å². The summed E-state index contributed by atoms with van der Waals surface area (Å²) in [6.45, 7) is 0.325. The van der Waals surface area contributed by atoms with Gasteiger partial charge in [-0.1, -0.05) is 0 Å². The van der Waals surface area contributed by atoms with Crippen molar-refractivity contribution in [1.82, 2.24) is 9.97 Å². The van der Waals surface area contributed by atoms with Crippen LogP contribution in [0.4, 0.5) is 5.82 Å². The summed E-state index contributed by atoms with van der Waals surface area (Å²) in [6, 6.07) is 1.60.